The van der Waals surface area contributed by atoms with Crippen LogP contribution in [0.2, 0.25) is 5.02 Å². The molecule has 2 aliphatic heterocycles. The normalized spacial score (nSPS) is 17.5. The fraction of sp³-hybridized carbons (Fsp3) is 0.333. The molecule has 8 heteroatoms. The zero-order valence-electron chi connectivity index (χ0n) is 18.1. The van der Waals surface area contributed by atoms with Gasteiger partial charge in [-0.3, -0.25) is 9.48 Å². The molecule has 1 aromatic heterocycles. The lowest BCUT2D eigenvalue weighted by atomic mass is 10.0. The van der Waals surface area contributed by atoms with E-state index in [9.17, 15) is 4.79 Å². The van der Waals surface area contributed by atoms with Gasteiger partial charge in [0.05, 0.1) is 30.2 Å². The Labute approximate surface area is 191 Å². The number of nitrogens with one attached hydrogen (secondary N) is 1. The van der Waals surface area contributed by atoms with Gasteiger partial charge in [-0.15, -0.1) is 0 Å². The summed E-state index contributed by atoms with van der Waals surface area (Å²) in [4.78, 5) is 15.2. The summed E-state index contributed by atoms with van der Waals surface area (Å²) < 4.78 is 13.4. The van der Waals surface area contributed by atoms with Gasteiger partial charge in [0.1, 0.15) is 6.17 Å². The van der Waals surface area contributed by atoms with Crippen LogP contribution in [0.3, 0.4) is 0 Å². The van der Waals surface area contributed by atoms with Crippen molar-refractivity contribution in [3.63, 3.8) is 0 Å². The number of hydrogen-bond acceptors (Lipinski definition) is 5. The lowest BCUT2D eigenvalue weighted by Crippen LogP contribution is -2.43. The van der Waals surface area contributed by atoms with Crippen molar-refractivity contribution in [1.29, 1.82) is 0 Å². The molecule has 0 radical (unpaired) electrons. The molecule has 0 bridgehead atoms. The van der Waals surface area contributed by atoms with Crippen LogP contribution in [-0.2, 0) is 7.05 Å². The summed E-state index contributed by atoms with van der Waals surface area (Å²) in [6, 6.07) is 11.2. The van der Waals surface area contributed by atoms with Crippen LogP contribution in [-0.4, -0.2) is 40.3 Å². The Morgan fingerprint density at radius 2 is 1.97 bits per heavy atom. The number of carbonyl (C=O) groups is 1. The molecule has 3 heterocycles. The van der Waals surface area contributed by atoms with Gasteiger partial charge in [0.15, 0.2) is 11.5 Å². The van der Waals surface area contributed by atoms with Crippen LogP contribution in [0.15, 0.2) is 42.6 Å². The van der Waals surface area contributed by atoms with Crippen molar-refractivity contribution in [2.45, 2.75) is 25.9 Å². The average molecular weight is 453 g/mol. The molecule has 1 amide bonds. The molecule has 32 heavy (non-hydrogen) atoms. The number of anilines is 1. The number of ether oxygens (including phenoxy) is 2. The summed E-state index contributed by atoms with van der Waals surface area (Å²) in [6.45, 7) is 3.94. The highest BCUT2D eigenvalue weighted by Crippen LogP contribution is 2.40. The molecule has 5 rings (SSSR count). The maximum Gasteiger partial charge on any atom is 0.257 e. The summed E-state index contributed by atoms with van der Waals surface area (Å²) in [5.74, 6) is 1.44. The number of aromatic nitrogens is 2. The highest BCUT2D eigenvalue weighted by atomic mass is 35.5. The van der Waals surface area contributed by atoms with E-state index in [2.05, 4.69) is 12.2 Å². The van der Waals surface area contributed by atoms with Crippen LogP contribution in [0, 0.1) is 0 Å². The number of amides is 1. The molecule has 1 atom stereocenters. The summed E-state index contributed by atoms with van der Waals surface area (Å²) in [5.41, 5.74) is 3.97. The van der Waals surface area contributed by atoms with E-state index in [-0.39, 0.29) is 12.1 Å². The summed E-state index contributed by atoms with van der Waals surface area (Å²) in [7, 11) is 1.88. The van der Waals surface area contributed by atoms with Crippen LogP contribution in [0.1, 0.15) is 41.9 Å². The molecule has 2 aliphatic rings. The smallest absolute Gasteiger partial charge is 0.257 e. The first-order valence-electron chi connectivity index (χ1n) is 10.9. The third-order valence-corrected chi connectivity index (χ3v) is 5.95. The minimum atomic E-state index is -0.368. The van der Waals surface area contributed by atoms with Gasteiger partial charge in [-0.2, -0.15) is 5.10 Å². The first-order valence-corrected chi connectivity index (χ1v) is 11.2. The van der Waals surface area contributed by atoms with E-state index in [0.717, 1.165) is 41.1 Å². The fourth-order valence-electron chi connectivity index (χ4n) is 4.28. The first-order chi connectivity index (χ1) is 15.5. The predicted molar refractivity (Wildman–Crippen MR) is 123 cm³/mol. The predicted octanol–water partition coefficient (Wildman–Crippen LogP) is 4.88. The van der Waals surface area contributed by atoms with Gasteiger partial charge in [-0.1, -0.05) is 18.5 Å². The molecule has 0 spiro atoms. The van der Waals surface area contributed by atoms with Crippen LogP contribution < -0.4 is 14.8 Å². The molecule has 0 aliphatic carbocycles. The Balaban J connectivity index is 1.59. The Hall–Kier alpha value is -3.19. The molecule has 0 fully saturated rings. The average Bonchev–Trinajstić information content (AvgIpc) is 3.01. The molecule has 1 N–H and O–H groups in total. The highest BCUT2D eigenvalue weighted by Gasteiger charge is 2.35. The number of benzene rings is 2. The second kappa shape index (κ2) is 8.39. The molecular weight excluding hydrogens is 428 g/mol. The third kappa shape index (κ3) is 3.66. The summed E-state index contributed by atoms with van der Waals surface area (Å²) in [6.07, 6.45) is 3.28. The van der Waals surface area contributed by atoms with Gasteiger partial charge in [-0.25, -0.2) is 0 Å². The lowest BCUT2D eigenvalue weighted by Gasteiger charge is -2.38. The van der Waals surface area contributed by atoms with Crippen molar-refractivity contribution >= 4 is 23.2 Å². The van der Waals surface area contributed by atoms with Gasteiger partial charge in [-0.05, 0) is 42.8 Å². The molecule has 3 aromatic rings. The molecular formula is C24H25ClN4O3. The van der Waals surface area contributed by atoms with Gasteiger partial charge in [0.2, 0.25) is 0 Å². The number of fused-ring (bicyclic) bond motifs is 2. The minimum Gasteiger partial charge on any atom is -0.490 e. The number of nitrogens with zero attached hydrogens (tertiary/aromatic N) is 3. The Kier molecular flexibility index (Phi) is 5.43. The van der Waals surface area contributed by atoms with E-state index in [1.165, 1.54) is 0 Å². The molecule has 166 valence electrons. The Morgan fingerprint density at radius 1 is 1.16 bits per heavy atom. The van der Waals surface area contributed by atoms with E-state index in [0.29, 0.717) is 36.1 Å². The van der Waals surface area contributed by atoms with Gasteiger partial charge >= 0.3 is 0 Å². The number of carbonyl (C=O) groups excluding carboxylic acids is 1. The number of halogens is 1. The summed E-state index contributed by atoms with van der Waals surface area (Å²) >= 11 is 6.22. The van der Waals surface area contributed by atoms with E-state index in [1.54, 1.807) is 22.9 Å². The number of aryl methyl sites for hydroxylation is 1. The van der Waals surface area contributed by atoms with Crippen molar-refractivity contribution in [2.24, 2.45) is 7.05 Å². The Bertz CT molecular complexity index is 1180. The monoisotopic (exact) mass is 452 g/mol. The molecule has 1 unspecified atom stereocenters. The van der Waals surface area contributed by atoms with Crippen LogP contribution >= 0.6 is 11.6 Å². The standard InChI is InChI=1S/C24H25ClN4O3/c1-3-9-29-23(26-19-13-16(25)6-7-17(19)24(29)30)18-14-28(2)27-22(18)15-5-8-20-21(12-15)32-11-4-10-31-20/h5-8,12-14,23,26H,3-4,9-11H2,1-2H3. The second-order valence-electron chi connectivity index (χ2n) is 8.05. The van der Waals surface area contributed by atoms with Crippen molar-refractivity contribution in [2.75, 3.05) is 25.1 Å². The number of rotatable bonds is 4. The van der Waals surface area contributed by atoms with Gasteiger partial charge < -0.3 is 19.7 Å². The maximum absolute atomic E-state index is 13.4. The zero-order chi connectivity index (χ0) is 22.2. The fourth-order valence-corrected chi connectivity index (χ4v) is 4.45. The lowest BCUT2D eigenvalue weighted by molar-refractivity contribution is 0.0683. The first kappa shape index (κ1) is 20.7. The SMILES string of the molecule is CCCN1C(=O)c2ccc(Cl)cc2NC1c1cn(C)nc1-c1ccc2c(c1)OCCCO2. The highest BCUT2D eigenvalue weighted by molar-refractivity contribution is 6.31. The van der Waals surface area contributed by atoms with Gasteiger partial charge in [0.25, 0.3) is 5.91 Å². The Morgan fingerprint density at radius 3 is 2.78 bits per heavy atom. The van der Waals surface area contributed by atoms with Crippen molar-refractivity contribution in [3.8, 4) is 22.8 Å². The van der Waals surface area contributed by atoms with E-state index in [4.69, 9.17) is 26.2 Å². The van der Waals surface area contributed by atoms with Crippen LogP contribution in [0.5, 0.6) is 11.5 Å². The topological polar surface area (TPSA) is 68.6 Å². The quantitative estimate of drug-likeness (QED) is 0.611. The number of hydrogen-bond donors (Lipinski definition) is 1. The summed E-state index contributed by atoms with van der Waals surface area (Å²) in [5, 5.41) is 8.85. The molecule has 0 saturated heterocycles. The second-order valence-corrected chi connectivity index (χ2v) is 8.49. The molecule has 0 saturated carbocycles. The van der Waals surface area contributed by atoms with Crippen molar-refractivity contribution in [3.05, 3.63) is 58.7 Å². The van der Waals surface area contributed by atoms with Crippen LogP contribution in [0.4, 0.5) is 5.69 Å². The van der Waals surface area contributed by atoms with E-state index >= 15 is 0 Å². The van der Waals surface area contributed by atoms with Gasteiger partial charge in [0, 0.05) is 42.4 Å². The maximum atomic E-state index is 13.4. The van der Waals surface area contributed by atoms with Crippen molar-refractivity contribution < 1.29 is 14.3 Å². The largest absolute Gasteiger partial charge is 0.490 e. The van der Waals surface area contributed by atoms with E-state index in [1.807, 2.05) is 36.3 Å². The molecule has 7 nitrogen and oxygen atoms in total. The zero-order valence-corrected chi connectivity index (χ0v) is 18.9. The van der Waals surface area contributed by atoms with Crippen LogP contribution in [0.25, 0.3) is 11.3 Å². The minimum absolute atomic E-state index is 0.0178. The van der Waals surface area contributed by atoms with Crippen molar-refractivity contribution in [1.82, 2.24) is 14.7 Å². The van der Waals surface area contributed by atoms with E-state index < -0.39 is 0 Å². The third-order valence-electron chi connectivity index (χ3n) is 5.71. The molecule has 2 aromatic carbocycles.